The van der Waals surface area contributed by atoms with Gasteiger partial charge < -0.3 is 5.32 Å². The van der Waals surface area contributed by atoms with Crippen molar-refractivity contribution in [3.05, 3.63) is 22.4 Å². The summed E-state index contributed by atoms with van der Waals surface area (Å²) < 4.78 is 0. The highest BCUT2D eigenvalue weighted by molar-refractivity contribution is 8.14. The van der Waals surface area contributed by atoms with Crippen molar-refractivity contribution < 1.29 is 0 Å². The molecule has 0 aliphatic carbocycles. The second kappa shape index (κ2) is 6.45. The van der Waals surface area contributed by atoms with Crippen LogP contribution in [0.15, 0.2) is 21.8 Å². The number of thioether (sulfide) groups is 1. The second-order valence-corrected chi connectivity index (χ2v) is 6.37. The zero-order valence-corrected chi connectivity index (χ0v) is 12.1. The fraction of sp³-hybridized carbons (Fsp3) is 0.615. The summed E-state index contributed by atoms with van der Waals surface area (Å²) >= 11 is 3.68. The van der Waals surface area contributed by atoms with E-state index >= 15 is 0 Å². The molecule has 2 rings (SSSR count). The topological polar surface area (TPSA) is 24.4 Å². The Bertz CT molecular complexity index is 356. The summed E-state index contributed by atoms with van der Waals surface area (Å²) in [6.45, 7) is 6.46. The Morgan fingerprint density at radius 1 is 1.47 bits per heavy atom. The van der Waals surface area contributed by atoms with Crippen LogP contribution >= 0.6 is 23.1 Å². The second-order valence-electron chi connectivity index (χ2n) is 4.36. The molecule has 0 bridgehead atoms. The first-order valence-corrected chi connectivity index (χ1v) is 8.11. The predicted molar refractivity (Wildman–Crippen MR) is 78.9 cm³/mol. The molecule has 1 aliphatic rings. The molecule has 1 N–H and O–H groups in total. The molecule has 1 aromatic rings. The molecule has 0 saturated heterocycles. The van der Waals surface area contributed by atoms with Gasteiger partial charge in [0.15, 0.2) is 5.17 Å². The van der Waals surface area contributed by atoms with Crippen LogP contribution in [0.5, 0.6) is 0 Å². The molecule has 0 amide bonds. The SMILES string of the molecule is CCC(CC)C1CN=C(NCc2ccsc2)S1. The predicted octanol–water partition coefficient (Wildman–Crippen LogP) is 3.75. The standard InChI is InChI=1S/C13H20N2S2/c1-3-11(4-2)12-8-15-13(17-12)14-7-10-5-6-16-9-10/h5-6,9,11-12H,3-4,7-8H2,1-2H3,(H,14,15). The normalized spacial score (nSPS) is 19.7. The van der Waals surface area contributed by atoms with E-state index in [1.54, 1.807) is 11.3 Å². The van der Waals surface area contributed by atoms with Crippen LogP contribution in [-0.4, -0.2) is 17.0 Å². The zero-order chi connectivity index (χ0) is 12.1. The van der Waals surface area contributed by atoms with Crippen LogP contribution in [0.4, 0.5) is 0 Å². The van der Waals surface area contributed by atoms with E-state index in [0.717, 1.165) is 24.2 Å². The molecule has 17 heavy (non-hydrogen) atoms. The van der Waals surface area contributed by atoms with Gasteiger partial charge >= 0.3 is 0 Å². The molecular weight excluding hydrogens is 248 g/mol. The molecule has 4 heteroatoms. The minimum absolute atomic E-state index is 0.690. The smallest absolute Gasteiger partial charge is 0.157 e. The number of nitrogens with zero attached hydrogens (tertiary/aromatic N) is 1. The Balaban J connectivity index is 1.77. The van der Waals surface area contributed by atoms with Crippen LogP contribution < -0.4 is 5.32 Å². The Labute approximate surface area is 112 Å². The van der Waals surface area contributed by atoms with Crippen molar-refractivity contribution in [3.63, 3.8) is 0 Å². The van der Waals surface area contributed by atoms with Gasteiger partial charge in [0.05, 0.1) is 6.54 Å². The molecule has 0 spiro atoms. The van der Waals surface area contributed by atoms with E-state index in [-0.39, 0.29) is 0 Å². The number of thiophene rings is 1. The number of amidine groups is 1. The molecule has 0 aromatic carbocycles. The maximum Gasteiger partial charge on any atom is 0.157 e. The average molecular weight is 268 g/mol. The van der Waals surface area contributed by atoms with Gasteiger partial charge in [-0.25, -0.2) is 0 Å². The largest absolute Gasteiger partial charge is 0.361 e. The number of hydrogen-bond donors (Lipinski definition) is 1. The lowest BCUT2D eigenvalue weighted by molar-refractivity contribution is 0.479. The number of hydrogen-bond acceptors (Lipinski definition) is 4. The lowest BCUT2D eigenvalue weighted by atomic mass is 9.99. The molecular formula is C13H20N2S2. The first-order chi connectivity index (χ1) is 8.33. The lowest BCUT2D eigenvalue weighted by Crippen LogP contribution is -2.21. The third kappa shape index (κ3) is 3.49. The molecule has 94 valence electrons. The number of nitrogens with one attached hydrogen (secondary N) is 1. The third-order valence-corrected chi connectivity index (χ3v) is 5.34. The molecule has 1 atom stereocenters. The van der Waals surface area contributed by atoms with E-state index in [4.69, 9.17) is 0 Å². The summed E-state index contributed by atoms with van der Waals surface area (Å²) in [5.41, 5.74) is 1.35. The summed E-state index contributed by atoms with van der Waals surface area (Å²) in [6.07, 6.45) is 2.53. The van der Waals surface area contributed by atoms with Crippen molar-refractivity contribution in [1.82, 2.24) is 5.32 Å². The fourth-order valence-electron chi connectivity index (χ4n) is 2.12. The molecule has 2 heterocycles. The third-order valence-electron chi connectivity index (χ3n) is 3.28. The van der Waals surface area contributed by atoms with Gasteiger partial charge in [-0.15, -0.1) is 0 Å². The maximum absolute atomic E-state index is 4.61. The van der Waals surface area contributed by atoms with Crippen molar-refractivity contribution in [1.29, 1.82) is 0 Å². The van der Waals surface area contributed by atoms with Gasteiger partial charge in [0.2, 0.25) is 0 Å². The van der Waals surface area contributed by atoms with Crippen LogP contribution in [0.1, 0.15) is 32.3 Å². The van der Waals surface area contributed by atoms with E-state index in [9.17, 15) is 0 Å². The van der Waals surface area contributed by atoms with Crippen molar-refractivity contribution in [2.45, 2.75) is 38.5 Å². The number of rotatable bonds is 5. The molecule has 2 nitrogen and oxygen atoms in total. The Morgan fingerprint density at radius 3 is 2.94 bits per heavy atom. The van der Waals surface area contributed by atoms with Crippen LogP contribution in [-0.2, 0) is 6.54 Å². The minimum atomic E-state index is 0.690. The van der Waals surface area contributed by atoms with Crippen molar-refractivity contribution >= 4 is 28.3 Å². The number of aliphatic imine (C=N–C) groups is 1. The van der Waals surface area contributed by atoms with Gasteiger partial charge in [-0.3, -0.25) is 4.99 Å². The van der Waals surface area contributed by atoms with Gasteiger partial charge in [-0.2, -0.15) is 11.3 Å². The molecule has 0 saturated carbocycles. The molecule has 1 aliphatic heterocycles. The Kier molecular flexibility index (Phi) is 4.92. The van der Waals surface area contributed by atoms with Crippen LogP contribution in [0.3, 0.4) is 0 Å². The van der Waals surface area contributed by atoms with Crippen LogP contribution in [0, 0.1) is 5.92 Å². The van der Waals surface area contributed by atoms with E-state index < -0.39 is 0 Å². The van der Waals surface area contributed by atoms with Gasteiger partial charge in [-0.1, -0.05) is 38.5 Å². The zero-order valence-electron chi connectivity index (χ0n) is 10.5. The molecule has 1 aromatic heterocycles. The van der Waals surface area contributed by atoms with Crippen LogP contribution in [0.2, 0.25) is 0 Å². The monoisotopic (exact) mass is 268 g/mol. The summed E-state index contributed by atoms with van der Waals surface area (Å²) in [6, 6.07) is 2.16. The van der Waals surface area contributed by atoms with Crippen molar-refractivity contribution in [3.8, 4) is 0 Å². The maximum atomic E-state index is 4.61. The summed E-state index contributed by atoms with van der Waals surface area (Å²) in [4.78, 5) is 4.61. The van der Waals surface area contributed by atoms with Gasteiger partial charge in [0, 0.05) is 11.8 Å². The molecule has 0 radical (unpaired) electrons. The van der Waals surface area contributed by atoms with Gasteiger partial charge in [-0.05, 0) is 28.3 Å². The van der Waals surface area contributed by atoms with E-state index in [2.05, 4.69) is 41.0 Å². The van der Waals surface area contributed by atoms with Gasteiger partial charge in [0.1, 0.15) is 0 Å². The first kappa shape index (κ1) is 13.0. The summed E-state index contributed by atoms with van der Waals surface area (Å²) in [5.74, 6) is 0.809. The highest BCUT2D eigenvalue weighted by Crippen LogP contribution is 2.30. The first-order valence-electron chi connectivity index (χ1n) is 6.29. The Morgan fingerprint density at radius 2 is 2.29 bits per heavy atom. The van der Waals surface area contributed by atoms with E-state index in [1.807, 2.05) is 11.8 Å². The fourth-order valence-corrected chi connectivity index (χ4v) is 4.11. The van der Waals surface area contributed by atoms with E-state index in [0.29, 0.717) is 5.25 Å². The minimum Gasteiger partial charge on any atom is -0.361 e. The van der Waals surface area contributed by atoms with Crippen molar-refractivity contribution in [2.24, 2.45) is 10.9 Å². The summed E-state index contributed by atoms with van der Waals surface area (Å²) in [7, 11) is 0. The quantitative estimate of drug-likeness (QED) is 0.879. The van der Waals surface area contributed by atoms with E-state index in [1.165, 1.54) is 18.4 Å². The summed E-state index contributed by atoms with van der Waals surface area (Å²) in [5, 5.41) is 9.56. The van der Waals surface area contributed by atoms with Gasteiger partial charge in [0.25, 0.3) is 0 Å². The van der Waals surface area contributed by atoms with Crippen LogP contribution in [0.25, 0.3) is 0 Å². The Hall–Kier alpha value is -0.480. The van der Waals surface area contributed by atoms with Crippen molar-refractivity contribution in [2.75, 3.05) is 6.54 Å². The average Bonchev–Trinajstić information content (AvgIpc) is 2.99. The highest BCUT2D eigenvalue weighted by atomic mass is 32.2. The molecule has 0 fully saturated rings. The lowest BCUT2D eigenvalue weighted by Gasteiger charge is -2.18. The highest BCUT2D eigenvalue weighted by Gasteiger charge is 2.25. The molecule has 1 unspecified atom stereocenters.